The summed E-state index contributed by atoms with van der Waals surface area (Å²) in [6.45, 7) is 4.06. The minimum atomic E-state index is -0.182. The van der Waals surface area contributed by atoms with Gasteiger partial charge in [0.1, 0.15) is 5.82 Å². The van der Waals surface area contributed by atoms with Crippen LogP contribution in [0.1, 0.15) is 30.7 Å². The Balaban J connectivity index is 1.48. The number of aromatic nitrogens is 2. The van der Waals surface area contributed by atoms with Crippen molar-refractivity contribution in [3.05, 3.63) is 54.1 Å². The van der Waals surface area contributed by atoms with E-state index < -0.39 is 0 Å². The van der Waals surface area contributed by atoms with Crippen LogP contribution in [0, 0.1) is 5.92 Å². The van der Waals surface area contributed by atoms with E-state index in [4.69, 9.17) is 4.74 Å². The Hall–Kier alpha value is -1.69. The Bertz CT molecular complexity index is 673. The van der Waals surface area contributed by atoms with Gasteiger partial charge in [-0.15, -0.1) is 0 Å². The average molecular weight is 341 g/mol. The van der Waals surface area contributed by atoms with Crippen LogP contribution < -0.4 is 0 Å². The highest BCUT2D eigenvalue weighted by Crippen LogP contribution is 2.32. The molecule has 1 aliphatic carbocycles. The van der Waals surface area contributed by atoms with E-state index in [1.54, 1.807) is 0 Å². The van der Waals surface area contributed by atoms with Crippen molar-refractivity contribution in [2.45, 2.75) is 44.5 Å². The predicted molar refractivity (Wildman–Crippen MR) is 96.1 cm³/mol. The monoisotopic (exact) mass is 341 g/mol. The molecule has 4 rings (SSSR count). The molecule has 2 aromatic rings. The smallest absolute Gasteiger partial charge is 0.123 e. The summed E-state index contributed by atoms with van der Waals surface area (Å²) >= 11 is 0. The maximum Gasteiger partial charge on any atom is 0.123 e. The molecule has 5 heteroatoms. The summed E-state index contributed by atoms with van der Waals surface area (Å²) < 4.78 is 7.97. The third-order valence-corrected chi connectivity index (χ3v) is 5.65. The summed E-state index contributed by atoms with van der Waals surface area (Å²) in [4.78, 5) is 7.07. The Morgan fingerprint density at radius 3 is 2.84 bits per heavy atom. The van der Waals surface area contributed by atoms with E-state index in [0.29, 0.717) is 12.0 Å². The van der Waals surface area contributed by atoms with Crippen molar-refractivity contribution in [1.29, 1.82) is 0 Å². The van der Waals surface area contributed by atoms with Crippen molar-refractivity contribution in [3.8, 4) is 0 Å². The second kappa shape index (κ2) is 7.68. The van der Waals surface area contributed by atoms with Crippen molar-refractivity contribution in [2.24, 2.45) is 5.92 Å². The number of morpholine rings is 1. The number of aliphatic hydroxyl groups excluding tert-OH is 1. The molecule has 1 aromatic carbocycles. The molecule has 0 amide bonds. The molecular weight excluding hydrogens is 314 g/mol. The quantitative estimate of drug-likeness (QED) is 0.907. The summed E-state index contributed by atoms with van der Waals surface area (Å²) in [7, 11) is 0. The minimum absolute atomic E-state index is 0.182. The van der Waals surface area contributed by atoms with E-state index >= 15 is 0 Å². The zero-order chi connectivity index (χ0) is 17.1. The first-order valence-corrected chi connectivity index (χ1v) is 9.35. The van der Waals surface area contributed by atoms with Crippen LogP contribution in [0.5, 0.6) is 0 Å². The van der Waals surface area contributed by atoms with Crippen molar-refractivity contribution < 1.29 is 9.84 Å². The van der Waals surface area contributed by atoms with E-state index in [9.17, 15) is 5.11 Å². The van der Waals surface area contributed by atoms with Gasteiger partial charge in [0.2, 0.25) is 0 Å². The average Bonchev–Trinajstić information content (AvgIpc) is 3.26. The Morgan fingerprint density at radius 2 is 2.04 bits per heavy atom. The van der Waals surface area contributed by atoms with E-state index in [2.05, 4.69) is 44.9 Å². The summed E-state index contributed by atoms with van der Waals surface area (Å²) in [5, 5.41) is 10.3. The molecule has 0 radical (unpaired) electrons. The third kappa shape index (κ3) is 3.78. The van der Waals surface area contributed by atoms with Crippen molar-refractivity contribution in [3.63, 3.8) is 0 Å². The molecule has 0 unspecified atom stereocenters. The lowest BCUT2D eigenvalue weighted by molar-refractivity contribution is -0.0548. The van der Waals surface area contributed by atoms with Gasteiger partial charge in [0.15, 0.2) is 0 Å². The summed E-state index contributed by atoms with van der Waals surface area (Å²) in [5.74, 6) is 1.42. The fourth-order valence-electron chi connectivity index (χ4n) is 4.26. The lowest BCUT2D eigenvalue weighted by Crippen LogP contribution is -2.50. The van der Waals surface area contributed by atoms with Gasteiger partial charge in [0.05, 0.1) is 25.9 Å². The van der Waals surface area contributed by atoms with Gasteiger partial charge in [-0.05, 0) is 18.4 Å². The van der Waals surface area contributed by atoms with E-state index in [1.165, 1.54) is 5.56 Å². The molecule has 0 bridgehead atoms. The van der Waals surface area contributed by atoms with Gasteiger partial charge in [-0.1, -0.05) is 36.8 Å². The maximum absolute atomic E-state index is 10.3. The van der Waals surface area contributed by atoms with Gasteiger partial charge in [-0.25, -0.2) is 4.98 Å². The van der Waals surface area contributed by atoms with E-state index in [0.717, 1.165) is 57.9 Å². The number of aliphatic hydroxyl groups is 1. The summed E-state index contributed by atoms with van der Waals surface area (Å²) in [6, 6.07) is 10.8. The lowest BCUT2D eigenvalue weighted by atomic mass is 9.94. The van der Waals surface area contributed by atoms with E-state index in [1.807, 2.05) is 12.3 Å². The number of imidazole rings is 1. The normalized spacial score (nSPS) is 27.6. The van der Waals surface area contributed by atoms with Crippen molar-refractivity contribution in [1.82, 2.24) is 14.5 Å². The lowest BCUT2D eigenvalue weighted by Gasteiger charge is -2.39. The minimum Gasteiger partial charge on any atom is -0.393 e. The van der Waals surface area contributed by atoms with Crippen LogP contribution in [0.25, 0.3) is 0 Å². The second-order valence-corrected chi connectivity index (χ2v) is 7.23. The molecule has 5 nitrogen and oxygen atoms in total. The largest absolute Gasteiger partial charge is 0.393 e. The molecule has 1 N–H and O–H groups in total. The van der Waals surface area contributed by atoms with Gasteiger partial charge in [-0.3, -0.25) is 4.90 Å². The molecule has 1 saturated heterocycles. The van der Waals surface area contributed by atoms with Crippen molar-refractivity contribution in [2.75, 3.05) is 19.8 Å². The van der Waals surface area contributed by atoms with Crippen molar-refractivity contribution >= 4 is 0 Å². The fraction of sp³-hybridized carbons (Fsp3) is 0.550. The van der Waals surface area contributed by atoms with Gasteiger partial charge < -0.3 is 14.4 Å². The van der Waals surface area contributed by atoms with Crippen LogP contribution in [-0.2, 0) is 17.8 Å². The zero-order valence-electron chi connectivity index (χ0n) is 14.6. The first-order chi connectivity index (χ1) is 12.3. The molecular formula is C20H27N3O2. The number of hydrogen-bond acceptors (Lipinski definition) is 4. The van der Waals surface area contributed by atoms with Crippen LogP contribution in [-0.4, -0.2) is 51.5 Å². The topological polar surface area (TPSA) is 50.5 Å². The van der Waals surface area contributed by atoms with Gasteiger partial charge in [0.25, 0.3) is 0 Å². The standard InChI is InChI=1S/C20H27N3O2/c24-19-8-4-7-17(19)18-15-25-12-11-22(18)14-20-21-9-10-23(20)13-16-5-2-1-3-6-16/h1-3,5-6,9-10,17-19,24H,4,7-8,11-15H2/t17-,18+,19+/m0/s1. The zero-order valence-corrected chi connectivity index (χ0v) is 14.6. The van der Waals surface area contributed by atoms with Gasteiger partial charge in [-0.2, -0.15) is 0 Å². The maximum atomic E-state index is 10.3. The molecule has 1 aliphatic heterocycles. The summed E-state index contributed by atoms with van der Waals surface area (Å²) in [5.41, 5.74) is 1.28. The van der Waals surface area contributed by atoms with E-state index in [-0.39, 0.29) is 6.10 Å². The third-order valence-electron chi connectivity index (χ3n) is 5.65. The molecule has 134 valence electrons. The number of rotatable bonds is 5. The number of hydrogen-bond donors (Lipinski definition) is 1. The van der Waals surface area contributed by atoms with Crippen LogP contribution >= 0.6 is 0 Å². The molecule has 25 heavy (non-hydrogen) atoms. The fourth-order valence-corrected chi connectivity index (χ4v) is 4.26. The predicted octanol–water partition coefficient (Wildman–Crippen LogP) is 2.29. The Kier molecular flexibility index (Phi) is 5.15. The van der Waals surface area contributed by atoms with Gasteiger partial charge >= 0.3 is 0 Å². The number of benzene rings is 1. The first-order valence-electron chi connectivity index (χ1n) is 9.35. The Morgan fingerprint density at radius 1 is 1.16 bits per heavy atom. The highest BCUT2D eigenvalue weighted by Gasteiger charge is 2.37. The molecule has 0 spiro atoms. The molecule has 3 atom stereocenters. The molecule has 1 saturated carbocycles. The molecule has 2 aliphatic rings. The SMILES string of the molecule is O[C@@H]1CCC[C@H]1[C@H]1COCCN1Cc1nccn1Cc1ccccc1. The Labute approximate surface area is 149 Å². The molecule has 2 fully saturated rings. The highest BCUT2D eigenvalue weighted by atomic mass is 16.5. The van der Waals surface area contributed by atoms with Crippen LogP contribution in [0.4, 0.5) is 0 Å². The molecule has 1 aromatic heterocycles. The second-order valence-electron chi connectivity index (χ2n) is 7.23. The highest BCUT2D eigenvalue weighted by molar-refractivity contribution is 5.15. The van der Waals surface area contributed by atoms with Crippen LogP contribution in [0.2, 0.25) is 0 Å². The summed E-state index contributed by atoms with van der Waals surface area (Å²) in [6.07, 6.45) is 6.92. The van der Waals surface area contributed by atoms with Gasteiger partial charge in [0, 0.05) is 37.4 Å². The number of nitrogens with zero attached hydrogens (tertiary/aromatic N) is 3. The number of ether oxygens (including phenoxy) is 1. The van der Waals surface area contributed by atoms with Crippen LogP contribution in [0.3, 0.4) is 0 Å². The first kappa shape index (κ1) is 16.8. The molecule has 2 heterocycles. The van der Waals surface area contributed by atoms with Crippen LogP contribution in [0.15, 0.2) is 42.7 Å².